The van der Waals surface area contributed by atoms with Gasteiger partial charge in [-0.25, -0.2) is 0 Å². The van der Waals surface area contributed by atoms with Crippen LogP contribution < -0.4 is 0 Å². The molecule has 1 saturated heterocycles. The van der Waals surface area contributed by atoms with E-state index in [4.69, 9.17) is 4.74 Å². The molecule has 2 heterocycles. The normalized spacial score (nSPS) is 21.8. The van der Waals surface area contributed by atoms with E-state index in [2.05, 4.69) is 29.7 Å². The smallest absolute Gasteiger partial charge is 0.0865 e. The molecule has 0 spiro atoms. The van der Waals surface area contributed by atoms with Gasteiger partial charge in [0.15, 0.2) is 0 Å². The second-order valence-electron chi connectivity index (χ2n) is 3.52. The lowest BCUT2D eigenvalue weighted by molar-refractivity contribution is 0.397. The van der Waals surface area contributed by atoms with Crippen molar-refractivity contribution in [1.29, 1.82) is 0 Å². The third-order valence-corrected chi connectivity index (χ3v) is 2.08. The van der Waals surface area contributed by atoms with E-state index in [0.29, 0.717) is 12.1 Å². The Morgan fingerprint density at radius 3 is 3.08 bits per heavy atom. The van der Waals surface area contributed by atoms with Gasteiger partial charge in [-0.15, -0.1) is 0 Å². The van der Waals surface area contributed by atoms with Crippen molar-refractivity contribution in [2.45, 2.75) is 32.4 Å². The fourth-order valence-electron chi connectivity index (χ4n) is 1.39. The van der Waals surface area contributed by atoms with Crippen molar-refractivity contribution in [2.75, 3.05) is 6.61 Å². The molecule has 0 bridgehead atoms. The van der Waals surface area contributed by atoms with Crippen molar-refractivity contribution < 1.29 is 4.74 Å². The molecular formula is C9H14N2O. The molecule has 3 heteroatoms. The van der Waals surface area contributed by atoms with E-state index in [1.54, 1.807) is 0 Å². The molecule has 0 saturated carbocycles. The number of nitrogens with zero attached hydrogens (tertiary/aromatic N) is 2. The lowest BCUT2D eigenvalue weighted by atomic mass is 10.2. The molecule has 1 unspecified atom stereocenters. The number of rotatable bonds is 3. The molecule has 2 rings (SSSR count). The van der Waals surface area contributed by atoms with Crippen LogP contribution in [0.2, 0.25) is 0 Å². The van der Waals surface area contributed by atoms with E-state index >= 15 is 0 Å². The van der Waals surface area contributed by atoms with Crippen LogP contribution in [-0.4, -0.2) is 22.5 Å². The lowest BCUT2D eigenvalue weighted by Gasteiger charge is -2.09. The number of hydrogen-bond donors (Lipinski definition) is 0. The summed E-state index contributed by atoms with van der Waals surface area (Å²) in [7, 11) is 0. The maximum Gasteiger partial charge on any atom is 0.0865 e. The number of aromatic nitrogens is 2. The molecule has 1 fully saturated rings. The van der Waals surface area contributed by atoms with Crippen LogP contribution in [0.5, 0.6) is 0 Å². The van der Waals surface area contributed by atoms with E-state index < -0.39 is 0 Å². The van der Waals surface area contributed by atoms with E-state index in [1.165, 1.54) is 5.69 Å². The molecule has 1 atom stereocenters. The lowest BCUT2D eigenvalue weighted by Crippen LogP contribution is -2.09. The van der Waals surface area contributed by atoms with Gasteiger partial charge in [0.25, 0.3) is 0 Å². The summed E-state index contributed by atoms with van der Waals surface area (Å²) in [5.74, 6) is 0. The minimum absolute atomic E-state index is 0.453. The first-order chi connectivity index (χ1) is 5.77. The Morgan fingerprint density at radius 1 is 1.75 bits per heavy atom. The largest absolute Gasteiger partial charge is 0.373 e. The van der Waals surface area contributed by atoms with Crippen molar-refractivity contribution in [2.24, 2.45) is 0 Å². The molecule has 1 aliphatic heterocycles. The molecule has 3 nitrogen and oxygen atoms in total. The highest BCUT2D eigenvalue weighted by molar-refractivity contribution is 5.04. The Labute approximate surface area is 72.3 Å². The highest BCUT2D eigenvalue weighted by Gasteiger charge is 2.24. The van der Waals surface area contributed by atoms with Crippen LogP contribution >= 0.6 is 0 Å². The molecule has 0 N–H and O–H groups in total. The summed E-state index contributed by atoms with van der Waals surface area (Å²) in [6, 6.07) is 2.52. The zero-order valence-electron chi connectivity index (χ0n) is 7.53. The maximum atomic E-state index is 5.18. The van der Waals surface area contributed by atoms with Crippen LogP contribution in [0, 0.1) is 0 Å². The van der Waals surface area contributed by atoms with Gasteiger partial charge in [-0.05, 0) is 19.9 Å². The summed E-state index contributed by atoms with van der Waals surface area (Å²) in [5, 5.41) is 4.26. The Morgan fingerprint density at radius 2 is 2.50 bits per heavy atom. The van der Waals surface area contributed by atoms with Crippen LogP contribution in [0.1, 0.15) is 25.6 Å². The topological polar surface area (TPSA) is 30.4 Å². The molecule has 0 amide bonds. The first-order valence-electron chi connectivity index (χ1n) is 4.41. The average Bonchev–Trinajstić information content (AvgIpc) is 2.66. The molecule has 66 valence electrons. The van der Waals surface area contributed by atoms with Crippen LogP contribution in [0.3, 0.4) is 0 Å². The predicted molar refractivity (Wildman–Crippen MR) is 46.1 cm³/mol. The van der Waals surface area contributed by atoms with E-state index in [-0.39, 0.29) is 0 Å². The summed E-state index contributed by atoms with van der Waals surface area (Å²) < 4.78 is 7.23. The Hall–Kier alpha value is -0.830. The Kier molecular flexibility index (Phi) is 1.89. The summed E-state index contributed by atoms with van der Waals surface area (Å²) in [6.45, 7) is 5.21. The van der Waals surface area contributed by atoms with Gasteiger partial charge in [-0.3, -0.25) is 4.68 Å². The summed E-state index contributed by atoms with van der Waals surface area (Å²) in [6.07, 6.45) is 3.33. The molecule has 0 aliphatic carbocycles. The minimum Gasteiger partial charge on any atom is -0.373 e. The second-order valence-corrected chi connectivity index (χ2v) is 3.52. The highest BCUT2D eigenvalue weighted by Crippen LogP contribution is 2.17. The van der Waals surface area contributed by atoms with Gasteiger partial charge in [0.2, 0.25) is 0 Å². The summed E-state index contributed by atoms with van der Waals surface area (Å²) >= 11 is 0. The van der Waals surface area contributed by atoms with Crippen LogP contribution in [0.4, 0.5) is 0 Å². The minimum atomic E-state index is 0.453. The summed E-state index contributed by atoms with van der Waals surface area (Å²) in [5.41, 5.74) is 1.28. The van der Waals surface area contributed by atoms with Gasteiger partial charge in [-0.1, -0.05) is 0 Å². The summed E-state index contributed by atoms with van der Waals surface area (Å²) in [4.78, 5) is 0. The number of ether oxygens (including phenoxy) is 1. The van der Waals surface area contributed by atoms with E-state index in [1.807, 2.05) is 6.20 Å². The molecule has 1 aromatic heterocycles. The van der Waals surface area contributed by atoms with E-state index in [9.17, 15) is 0 Å². The fraction of sp³-hybridized carbons (Fsp3) is 0.667. The average molecular weight is 166 g/mol. The first-order valence-corrected chi connectivity index (χ1v) is 4.41. The SMILES string of the molecule is CC(C)n1nccc1CC1CO1. The third kappa shape index (κ3) is 1.50. The van der Waals surface area contributed by atoms with Gasteiger partial charge in [0.05, 0.1) is 12.7 Å². The van der Waals surface area contributed by atoms with Gasteiger partial charge >= 0.3 is 0 Å². The fourth-order valence-corrected chi connectivity index (χ4v) is 1.39. The quantitative estimate of drug-likeness (QED) is 0.635. The molecule has 0 aromatic carbocycles. The van der Waals surface area contributed by atoms with Crippen molar-refractivity contribution in [3.05, 3.63) is 18.0 Å². The van der Waals surface area contributed by atoms with E-state index in [0.717, 1.165) is 13.0 Å². The Bertz CT molecular complexity index is 263. The van der Waals surface area contributed by atoms with Crippen LogP contribution in [0.25, 0.3) is 0 Å². The standard InChI is InChI=1S/C9H14N2O/c1-7(2)11-8(3-4-10-11)5-9-6-12-9/h3-4,7,9H,5-6H2,1-2H3. The predicted octanol–water partition coefficient (Wildman–Crippen LogP) is 1.41. The van der Waals surface area contributed by atoms with Gasteiger partial charge in [-0.2, -0.15) is 5.10 Å². The zero-order valence-corrected chi connectivity index (χ0v) is 7.53. The van der Waals surface area contributed by atoms with Crippen molar-refractivity contribution >= 4 is 0 Å². The highest BCUT2D eigenvalue weighted by atomic mass is 16.6. The molecular weight excluding hydrogens is 152 g/mol. The Balaban J connectivity index is 2.11. The third-order valence-electron chi connectivity index (χ3n) is 2.08. The maximum absolute atomic E-state index is 5.18. The first kappa shape index (κ1) is 7.80. The van der Waals surface area contributed by atoms with Crippen molar-refractivity contribution in [1.82, 2.24) is 9.78 Å². The molecule has 12 heavy (non-hydrogen) atoms. The van der Waals surface area contributed by atoms with Crippen LogP contribution in [0.15, 0.2) is 12.3 Å². The number of hydrogen-bond acceptors (Lipinski definition) is 2. The van der Waals surface area contributed by atoms with Gasteiger partial charge in [0.1, 0.15) is 0 Å². The number of epoxide rings is 1. The van der Waals surface area contributed by atoms with Gasteiger partial charge in [0, 0.05) is 24.4 Å². The molecule has 0 radical (unpaired) electrons. The van der Waals surface area contributed by atoms with Gasteiger partial charge < -0.3 is 4.74 Å². The van der Waals surface area contributed by atoms with Crippen molar-refractivity contribution in [3.63, 3.8) is 0 Å². The van der Waals surface area contributed by atoms with Crippen LogP contribution in [-0.2, 0) is 11.2 Å². The molecule has 1 aliphatic rings. The zero-order chi connectivity index (χ0) is 8.55. The second kappa shape index (κ2) is 2.90. The van der Waals surface area contributed by atoms with Crippen molar-refractivity contribution in [3.8, 4) is 0 Å². The monoisotopic (exact) mass is 166 g/mol. The molecule has 1 aromatic rings.